The molecule has 2 aliphatic rings. The fourth-order valence-electron chi connectivity index (χ4n) is 7.24. The zero-order chi connectivity index (χ0) is 28.9. The van der Waals surface area contributed by atoms with Crippen LogP contribution in [0.5, 0.6) is 0 Å². The van der Waals surface area contributed by atoms with Gasteiger partial charge in [-0.3, -0.25) is 0 Å². The minimum atomic E-state index is 0.131. The molecule has 0 aromatic heterocycles. The summed E-state index contributed by atoms with van der Waals surface area (Å²) in [7, 11) is 0. The lowest BCUT2D eigenvalue weighted by molar-refractivity contribution is 1.03. The zero-order valence-corrected chi connectivity index (χ0v) is 24.5. The SMILES string of the molecule is Cc1ccc2c(c1)C=c1c-2cc(=C(c2ccccc2)c2ccccc2)c(C)c1C1C(c2ccccc2)=Cc2ccccc21. The fraction of sp³-hybridized carbons (Fsp3) is 0.0698. The Hall–Kier alpha value is -5.20. The Morgan fingerprint density at radius 2 is 1.16 bits per heavy atom. The summed E-state index contributed by atoms with van der Waals surface area (Å²) in [5.74, 6) is 0.131. The van der Waals surface area contributed by atoms with Crippen LogP contribution in [0.4, 0.5) is 0 Å². The maximum atomic E-state index is 2.47. The van der Waals surface area contributed by atoms with Gasteiger partial charge < -0.3 is 0 Å². The van der Waals surface area contributed by atoms with Crippen molar-refractivity contribution in [3.63, 3.8) is 0 Å². The molecule has 1 unspecified atom stereocenters. The Labute approximate surface area is 253 Å². The van der Waals surface area contributed by atoms with Gasteiger partial charge in [-0.2, -0.15) is 0 Å². The second kappa shape index (κ2) is 10.3. The van der Waals surface area contributed by atoms with Gasteiger partial charge in [0.05, 0.1) is 0 Å². The minimum absolute atomic E-state index is 0.131. The predicted molar refractivity (Wildman–Crippen MR) is 181 cm³/mol. The van der Waals surface area contributed by atoms with Crippen LogP contribution in [0.2, 0.25) is 0 Å². The highest BCUT2D eigenvalue weighted by molar-refractivity contribution is 5.96. The second-order valence-electron chi connectivity index (χ2n) is 11.8. The van der Waals surface area contributed by atoms with Crippen molar-refractivity contribution in [2.45, 2.75) is 19.8 Å². The minimum Gasteiger partial charge on any atom is -0.0622 e. The van der Waals surface area contributed by atoms with Crippen LogP contribution >= 0.6 is 0 Å². The highest BCUT2D eigenvalue weighted by atomic mass is 14.3. The molecule has 204 valence electrons. The molecule has 2 aliphatic carbocycles. The van der Waals surface area contributed by atoms with Crippen LogP contribution in [-0.4, -0.2) is 0 Å². The van der Waals surface area contributed by atoms with Gasteiger partial charge in [0, 0.05) is 5.92 Å². The Balaban J connectivity index is 1.54. The molecule has 0 saturated heterocycles. The van der Waals surface area contributed by atoms with E-state index in [4.69, 9.17) is 0 Å². The van der Waals surface area contributed by atoms with E-state index in [1.165, 1.54) is 82.8 Å². The van der Waals surface area contributed by atoms with E-state index >= 15 is 0 Å². The van der Waals surface area contributed by atoms with Crippen molar-refractivity contribution in [3.8, 4) is 11.1 Å². The number of rotatable bonds is 4. The maximum absolute atomic E-state index is 2.47. The quantitative estimate of drug-likeness (QED) is 0.206. The molecule has 0 radical (unpaired) electrons. The van der Waals surface area contributed by atoms with E-state index < -0.39 is 0 Å². The van der Waals surface area contributed by atoms with Crippen molar-refractivity contribution < 1.29 is 0 Å². The fourth-order valence-corrected chi connectivity index (χ4v) is 7.24. The van der Waals surface area contributed by atoms with Gasteiger partial charge in [0.1, 0.15) is 0 Å². The van der Waals surface area contributed by atoms with Crippen LogP contribution < -0.4 is 10.4 Å². The monoisotopic (exact) mass is 548 g/mol. The first-order chi connectivity index (χ1) is 21.2. The summed E-state index contributed by atoms with van der Waals surface area (Å²) in [6, 6.07) is 51.1. The smallest absolute Gasteiger partial charge is 0.0361 e. The van der Waals surface area contributed by atoms with Crippen molar-refractivity contribution in [1.82, 2.24) is 0 Å². The summed E-state index contributed by atoms with van der Waals surface area (Å²) in [4.78, 5) is 0. The van der Waals surface area contributed by atoms with E-state index in [1.54, 1.807) is 0 Å². The van der Waals surface area contributed by atoms with Crippen molar-refractivity contribution >= 4 is 23.3 Å². The van der Waals surface area contributed by atoms with Gasteiger partial charge >= 0.3 is 0 Å². The molecule has 0 aliphatic heterocycles. The van der Waals surface area contributed by atoms with E-state index in [-0.39, 0.29) is 5.92 Å². The lowest BCUT2D eigenvalue weighted by atomic mass is 9.79. The summed E-state index contributed by atoms with van der Waals surface area (Å²) in [5, 5.41) is 2.65. The van der Waals surface area contributed by atoms with E-state index in [1.807, 2.05) is 0 Å². The lowest BCUT2D eigenvalue weighted by Crippen LogP contribution is -2.26. The van der Waals surface area contributed by atoms with Gasteiger partial charge in [0.2, 0.25) is 0 Å². The number of hydrogen-bond acceptors (Lipinski definition) is 0. The zero-order valence-electron chi connectivity index (χ0n) is 24.5. The maximum Gasteiger partial charge on any atom is 0.0361 e. The number of fused-ring (bicyclic) bond motifs is 4. The molecular weight excluding hydrogens is 516 g/mol. The van der Waals surface area contributed by atoms with E-state index in [2.05, 4.69) is 166 Å². The molecule has 0 nitrogen and oxygen atoms in total. The summed E-state index contributed by atoms with van der Waals surface area (Å²) >= 11 is 0. The highest BCUT2D eigenvalue weighted by Crippen LogP contribution is 2.46. The molecule has 0 bridgehead atoms. The summed E-state index contributed by atoms with van der Waals surface area (Å²) in [5.41, 5.74) is 17.1. The molecule has 0 heterocycles. The molecule has 1 atom stereocenters. The van der Waals surface area contributed by atoms with Crippen LogP contribution in [0.1, 0.15) is 56.0 Å². The second-order valence-corrected chi connectivity index (χ2v) is 11.8. The molecule has 0 spiro atoms. The summed E-state index contributed by atoms with van der Waals surface area (Å²) < 4.78 is 0. The topological polar surface area (TPSA) is 0 Å². The normalized spacial score (nSPS) is 14.4. The average Bonchev–Trinajstić information content (AvgIpc) is 3.61. The van der Waals surface area contributed by atoms with Gasteiger partial charge in [0.15, 0.2) is 0 Å². The van der Waals surface area contributed by atoms with Crippen LogP contribution in [0.25, 0.3) is 34.4 Å². The van der Waals surface area contributed by atoms with Gasteiger partial charge in [-0.1, -0.05) is 139 Å². The van der Waals surface area contributed by atoms with Crippen molar-refractivity contribution in [1.29, 1.82) is 0 Å². The predicted octanol–water partition coefficient (Wildman–Crippen LogP) is 9.05. The molecule has 6 aromatic rings. The Kier molecular flexibility index (Phi) is 6.09. The molecule has 43 heavy (non-hydrogen) atoms. The number of aryl methyl sites for hydroxylation is 1. The third-order valence-electron chi connectivity index (χ3n) is 9.19. The Morgan fingerprint density at radius 1 is 0.535 bits per heavy atom. The van der Waals surface area contributed by atoms with E-state index in [0.29, 0.717) is 0 Å². The lowest BCUT2D eigenvalue weighted by Gasteiger charge is -2.23. The van der Waals surface area contributed by atoms with E-state index in [0.717, 1.165) is 0 Å². The summed E-state index contributed by atoms with van der Waals surface area (Å²) in [6.45, 7) is 4.54. The standard InChI is InChI=1S/C43H32/c1-28-22-23-35-34(24-28)26-40-39(35)27-37(42(31-16-8-4-9-17-31)32-18-10-5-11-19-32)29(2)41(40)43-36-21-13-12-20-33(36)25-38(43)30-14-6-3-7-15-30/h3-27,43H,1-2H3. The van der Waals surface area contributed by atoms with Crippen LogP contribution in [0.15, 0.2) is 140 Å². The Bertz CT molecular complexity index is 2120. The number of benzene rings is 6. The molecule has 0 fully saturated rings. The average molecular weight is 549 g/mol. The van der Waals surface area contributed by atoms with E-state index in [9.17, 15) is 0 Å². The molecule has 0 N–H and O–H groups in total. The van der Waals surface area contributed by atoms with Gasteiger partial charge in [0.25, 0.3) is 0 Å². The molecule has 0 amide bonds. The number of allylic oxidation sites excluding steroid dienone is 1. The first-order valence-electron chi connectivity index (χ1n) is 15.1. The van der Waals surface area contributed by atoms with Crippen molar-refractivity contribution in [3.05, 3.63) is 200 Å². The van der Waals surface area contributed by atoms with Gasteiger partial charge in [-0.15, -0.1) is 0 Å². The van der Waals surface area contributed by atoms with Crippen LogP contribution in [0.3, 0.4) is 0 Å². The molecular formula is C43H32. The van der Waals surface area contributed by atoms with Crippen LogP contribution in [-0.2, 0) is 0 Å². The third kappa shape index (κ3) is 4.22. The van der Waals surface area contributed by atoms with Gasteiger partial charge in [-0.25, -0.2) is 0 Å². The Morgan fingerprint density at radius 3 is 1.86 bits per heavy atom. The van der Waals surface area contributed by atoms with Crippen molar-refractivity contribution in [2.24, 2.45) is 0 Å². The molecule has 0 saturated carbocycles. The molecule has 8 rings (SSSR count). The first-order valence-corrected chi connectivity index (χ1v) is 15.1. The summed E-state index contributed by atoms with van der Waals surface area (Å²) in [6.07, 6.45) is 4.86. The third-order valence-corrected chi connectivity index (χ3v) is 9.19. The first kappa shape index (κ1) is 25.5. The van der Waals surface area contributed by atoms with Crippen LogP contribution in [0, 0.1) is 13.8 Å². The molecule has 6 aromatic carbocycles. The highest BCUT2D eigenvalue weighted by Gasteiger charge is 2.32. The van der Waals surface area contributed by atoms with Gasteiger partial charge in [-0.05, 0) is 109 Å². The number of hydrogen-bond donors (Lipinski definition) is 0. The molecule has 0 heteroatoms. The van der Waals surface area contributed by atoms with Crippen molar-refractivity contribution in [2.75, 3.05) is 0 Å². The largest absolute Gasteiger partial charge is 0.0622 e.